The first kappa shape index (κ1) is 12.8. The van der Waals surface area contributed by atoms with Gasteiger partial charge in [-0.25, -0.2) is 4.79 Å². The molecular formula is C11H11N3O2S2. The second-order valence-electron chi connectivity index (χ2n) is 3.24. The molecule has 0 aliphatic carbocycles. The summed E-state index contributed by atoms with van der Waals surface area (Å²) >= 11 is 2.80. The summed E-state index contributed by atoms with van der Waals surface area (Å²) in [5.74, 6) is -0.408. The molecule has 0 aliphatic heterocycles. The molecule has 0 bridgehead atoms. The molecule has 0 unspecified atom stereocenters. The third-order valence-electron chi connectivity index (χ3n) is 2.10. The molecule has 1 heterocycles. The van der Waals surface area contributed by atoms with Gasteiger partial charge in [-0.15, -0.1) is 10.2 Å². The molecule has 5 nitrogen and oxygen atoms in total. The van der Waals surface area contributed by atoms with Gasteiger partial charge in [0.15, 0.2) is 4.34 Å². The van der Waals surface area contributed by atoms with Crippen LogP contribution in [0.5, 0.6) is 0 Å². The minimum Gasteiger partial charge on any atom is -0.462 e. The average Bonchev–Trinajstić information content (AvgIpc) is 2.85. The van der Waals surface area contributed by atoms with Crippen molar-refractivity contribution in [1.82, 2.24) is 10.2 Å². The van der Waals surface area contributed by atoms with Crippen LogP contribution in [-0.4, -0.2) is 22.8 Å². The van der Waals surface area contributed by atoms with Crippen LogP contribution in [-0.2, 0) is 4.74 Å². The number of esters is 1. The molecule has 18 heavy (non-hydrogen) atoms. The van der Waals surface area contributed by atoms with Crippen LogP contribution in [0.1, 0.15) is 17.3 Å². The number of hydrogen-bond donors (Lipinski definition) is 1. The van der Waals surface area contributed by atoms with Gasteiger partial charge in [-0.3, -0.25) is 0 Å². The molecule has 2 rings (SSSR count). The third-order valence-corrected chi connectivity index (χ3v) is 3.95. The monoisotopic (exact) mass is 281 g/mol. The first-order chi connectivity index (χ1) is 8.72. The predicted molar refractivity (Wildman–Crippen MR) is 70.8 cm³/mol. The van der Waals surface area contributed by atoms with Crippen molar-refractivity contribution < 1.29 is 9.53 Å². The topological polar surface area (TPSA) is 78.1 Å². The highest BCUT2D eigenvalue weighted by atomic mass is 32.2. The van der Waals surface area contributed by atoms with Crippen LogP contribution >= 0.6 is 23.1 Å². The Balaban J connectivity index is 2.27. The molecule has 0 amide bonds. The van der Waals surface area contributed by atoms with E-state index in [0.717, 1.165) is 9.24 Å². The van der Waals surface area contributed by atoms with E-state index < -0.39 is 5.97 Å². The lowest BCUT2D eigenvalue weighted by Gasteiger charge is -2.08. The van der Waals surface area contributed by atoms with Gasteiger partial charge < -0.3 is 10.5 Å². The van der Waals surface area contributed by atoms with Gasteiger partial charge >= 0.3 is 5.97 Å². The van der Waals surface area contributed by atoms with Crippen molar-refractivity contribution in [2.45, 2.75) is 16.2 Å². The summed E-state index contributed by atoms with van der Waals surface area (Å²) in [6.07, 6.45) is 0. The smallest absolute Gasteiger partial charge is 0.340 e. The number of nitrogen functional groups attached to an aromatic ring is 1. The Labute approximate surface area is 112 Å². The van der Waals surface area contributed by atoms with E-state index in [2.05, 4.69) is 10.2 Å². The van der Waals surface area contributed by atoms with Crippen LogP contribution in [0.4, 0.5) is 5.69 Å². The lowest BCUT2D eigenvalue weighted by molar-refractivity contribution is 0.0527. The highest BCUT2D eigenvalue weighted by molar-refractivity contribution is 8.01. The molecule has 0 aliphatic rings. The van der Waals surface area contributed by atoms with E-state index in [9.17, 15) is 4.79 Å². The molecule has 0 fully saturated rings. The zero-order valence-corrected chi connectivity index (χ0v) is 11.3. The maximum Gasteiger partial charge on any atom is 0.340 e. The Morgan fingerprint density at radius 2 is 2.39 bits per heavy atom. The zero-order chi connectivity index (χ0) is 13.0. The van der Waals surface area contributed by atoms with Crippen LogP contribution in [0.2, 0.25) is 0 Å². The highest BCUT2D eigenvalue weighted by Gasteiger charge is 2.14. The quantitative estimate of drug-likeness (QED) is 0.685. The van der Waals surface area contributed by atoms with Crippen LogP contribution in [0.15, 0.2) is 32.9 Å². The van der Waals surface area contributed by atoms with E-state index in [0.29, 0.717) is 17.9 Å². The van der Waals surface area contributed by atoms with Crippen molar-refractivity contribution in [3.8, 4) is 0 Å². The van der Waals surface area contributed by atoms with E-state index in [1.54, 1.807) is 24.6 Å². The number of anilines is 1. The molecule has 0 radical (unpaired) electrons. The second-order valence-corrected chi connectivity index (χ2v) is 5.37. The van der Waals surface area contributed by atoms with Gasteiger partial charge in [0.2, 0.25) is 0 Å². The number of nitrogens with two attached hydrogens (primary N) is 1. The Morgan fingerprint density at radius 3 is 3.06 bits per heavy atom. The van der Waals surface area contributed by atoms with Crippen LogP contribution in [0, 0.1) is 0 Å². The molecule has 0 atom stereocenters. The Hall–Kier alpha value is -1.60. The number of para-hydroxylation sites is 1. The van der Waals surface area contributed by atoms with Gasteiger partial charge in [0.25, 0.3) is 0 Å². The number of ether oxygens (including phenoxy) is 1. The number of aromatic nitrogens is 2. The molecule has 1 aromatic carbocycles. The van der Waals surface area contributed by atoms with Crippen LogP contribution in [0.3, 0.4) is 0 Å². The normalized spacial score (nSPS) is 10.3. The van der Waals surface area contributed by atoms with Gasteiger partial charge in [-0.05, 0) is 19.1 Å². The molecule has 2 aromatic rings. The summed E-state index contributed by atoms with van der Waals surface area (Å²) < 4.78 is 5.73. The first-order valence-corrected chi connectivity index (χ1v) is 6.91. The fourth-order valence-corrected chi connectivity index (χ4v) is 2.83. The van der Waals surface area contributed by atoms with Gasteiger partial charge in [0.05, 0.1) is 17.9 Å². The Bertz CT molecular complexity index is 543. The summed E-state index contributed by atoms with van der Waals surface area (Å²) in [5, 5.41) is 7.67. The van der Waals surface area contributed by atoms with E-state index in [1.165, 1.54) is 23.1 Å². The van der Waals surface area contributed by atoms with Gasteiger partial charge in [-0.2, -0.15) is 0 Å². The van der Waals surface area contributed by atoms with E-state index in [-0.39, 0.29) is 0 Å². The summed E-state index contributed by atoms with van der Waals surface area (Å²) in [6.45, 7) is 2.08. The summed E-state index contributed by atoms with van der Waals surface area (Å²) in [6, 6.07) is 5.26. The van der Waals surface area contributed by atoms with Gasteiger partial charge in [-0.1, -0.05) is 29.2 Å². The highest BCUT2D eigenvalue weighted by Crippen LogP contribution is 2.34. The Kier molecular flexibility index (Phi) is 4.16. The van der Waals surface area contributed by atoms with Gasteiger partial charge in [0, 0.05) is 4.90 Å². The molecule has 0 spiro atoms. The van der Waals surface area contributed by atoms with Crippen molar-refractivity contribution in [2.75, 3.05) is 12.3 Å². The van der Waals surface area contributed by atoms with E-state index in [4.69, 9.17) is 10.5 Å². The molecule has 7 heteroatoms. The SMILES string of the molecule is CCOC(=O)c1cccc(Sc2nncs2)c1N. The number of hydrogen-bond acceptors (Lipinski definition) is 7. The number of nitrogens with zero attached hydrogens (tertiary/aromatic N) is 2. The fourth-order valence-electron chi connectivity index (χ4n) is 1.32. The van der Waals surface area contributed by atoms with Gasteiger partial charge in [0.1, 0.15) is 5.51 Å². The minimum atomic E-state index is -0.408. The largest absolute Gasteiger partial charge is 0.462 e. The lowest BCUT2D eigenvalue weighted by Crippen LogP contribution is -2.08. The van der Waals surface area contributed by atoms with Crippen molar-refractivity contribution in [2.24, 2.45) is 0 Å². The third kappa shape index (κ3) is 2.80. The number of rotatable bonds is 4. The molecule has 94 valence electrons. The molecule has 2 N–H and O–H groups in total. The first-order valence-electron chi connectivity index (χ1n) is 5.22. The number of carbonyl (C=O) groups is 1. The zero-order valence-electron chi connectivity index (χ0n) is 9.62. The van der Waals surface area contributed by atoms with Crippen molar-refractivity contribution in [3.63, 3.8) is 0 Å². The van der Waals surface area contributed by atoms with Crippen LogP contribution in [0.25, 0.3) is 0 Å². The number of carbonyl (C=O) groups excluding carboxylic acids is 1. The van der Waals surface area contributed by atoms with E-state index in [1.807, 2.05) is 6.07 Å². The van der Waals surface area contributed by atoms with Crippen molar-refractivity contribution >= 4 is 34.8 Å². The number of benzene rings is 1. The Morgan fingerprint density at radius 1 is 1.56 bits per heavy atom. The predicted octanol–water partition coefficient (Wildman–Crippen LogP) is 2.45. The van der Waals surface area contributed by atoms with E-state index >= 15 is 0 Å². The van der Waals surface area contributed by atoms with Crippen molar-refractivity contribution in [1.29, 1.82) is 0 Å². The average molecular weight is 281 g/mol. The maximum absolute atomic E-state index is 11.7. The summed E-state index contributed by atoms with van der Waals surface area (Å²) in [5.41, 5.74) is 8.41. The molecular weight excluding hydrogens is 270 g/mol. The lowest BCUT2D eigenvalue weighted by atomic mass is 10.2. The summed E-state index contributed by atoms with van der Waals surface area (Å²) in [7, 11) is 0. The maximum atomic E-state index is 11.7. The molecule has 0 saturated heterocycles. The summed E-state index contributed by atoms with van der Waals surface area (Å²) in [4.78, 5) is 12.5. The standard InChI is InChI=1S/C11H11N3O2S2/c1-2-16-10(15)7-4-3-5-8(9(7)12)18-11-14-13-6-17-11/h3-6H,2,12H2,1H3. The minimum absolute atomic E-state index is 0.325. The second kappa shape index (κ2) is 5.83. The molecule has 0 saturated carbocycles. The fraction of sp³-hybridized carbons (Fsp3) is 0.182. The van der Waals surface area contributed by atoms with Crippen molar-refractivity contribution in [3.05, 3.63) is 29.3 Å². The molecule has 1 aromatic heterocycles. The van der Waals surface area contributed by atoms with Crippen LogP contribution < -0.4 is 5.73 Å².